The third-order valence-corrected chi connectivity index (χ3v) is 4.47. The molecule has 1 saturated heterocycles. The van der Waals surface area contributed by atoms with Crippen molar-refractivity contribution in [3.8, 4) is 0 Å². The summed E-state index contributed by atoms with van der Waals surface area (Å²) in [5, 5.41) is 2.30. The Morgan fingerprint density at radius 1 is 1.29 bits per heavy atom. The maximum atomic E-state index is 13.1. The number of hydrogen-bond acceptors (Lipinski definition) is 7. The molecule has 2 heterocycles. The van der Waals surface area contributed by atoms with Gasteiger partial charge in [-0.3, -0.25) is 4.90 Å². The van der Waals surface area contributed by atoms with Crippen LogP contribution >= 0.6 is 11.6 Å². The molecule has 0 amide bonds. The maximum absolute atomic E-state index is 13.1. The fourth-order valence-corrected chi connectivity index (χ4v) is 2.95. The van der Waals surface area contributed by atoms with Crippen LogP contribution in [0, 0.1) is 0 Å². The summed E-state index contributed by atoms with van der Waals surface area (Å²) in [6, 6.07) is 7.37. The molecule has 1 fully saturated rings. The first-order chi connectivity index (χ1) is 13.5. The number of carbonyl (C=O) groups is 1. The average molecular weight is 413 g/mol. The van der Waals surface area contributed by atoms with Crippen molar-refractivity contribution in [2.75, 3.05) is 38.7 Å². The molecule has 10 heteroatoms. The number of morpholine rings is 1. The van der Waals surface area contributed by atoms with Gasteiger partial charge in [0, 0.05) is 25.3 Å². The van der Waals surface area contributed by atoms with E-state index in [-0.39, 0.29) is 11.5 Å². The molecule has 0 atom stereocenters. The van der Waals surface area contributed by atoms with Gasteiger partial charge in [0.25, 0.3) is 6.43 Å². The zero-order chi connectivity index (χ0) is 20.1. The van der Waals surface area contributed by atoms with Crippen LogP contribution in [0.2, 0.25) is 5.15 Å². The van der Waals surface area contributed by atoms with Gasteiger partial charge in [-0.15, -0.1) is 0 Å². The number of anilines is 2. The van der Waals surface area contributed by atoms with Crippen LogP contribution in [0.4, 0.5) is 20.3 Å². The molecule has 0 spiro atoms. The van der Waals surface area contributed by atoms with Gasteiger partial charge < -0.3 is 14.8 Å². The van der Waals surface area contributed by atoms with Crippen molar-refractivity contribution in [2.24, 2.45) is 0 Å². The number of halogens is 3. The lowest BCUT2D eigenvalue weighted by molar-refractivity contribution is 0.0342. The number of nitrogens with zero attached hydrogens (tertiary/aromatic N) is 3. The Balaban J connectivity index is 1.79. The summed E-state index contributed by atoms with van der Waals surface area (Å²) in [4.78, 5) is 21.7. The zero-order valence-electron chi connectivity index (χ0n) is 15.1. The second-order valence-electron chi connectivity index (χ2n) is 6.10. The van der Waals surface area contributed by atoms with Crippen molar-refractivity contribution < 1.29 is 23.0 Å². The number of carbonyl (C=O) groups excluding carboxylic acids is 1. The molecule has 0 saturated carbocycles. The fraction of sp³-hybridized carbons (Fsp3) is 0.389. The number of ether oxygens (including phenoxy) is 2. The van der Waals surface area contributed by atoms with E-state index >= 15 is 0 Å². The molecule has 0 aliphatic carbocycles. The molecule has 0 unspecified atom stereocenters. The highest BCUT2D eigenvalue weighted by Gasteiger charge is 2.23. The van der Waals surface area contributed by atoms with Crippen molar-refractivity contribution >= 4 is 29.1 Å². The highest BCUT2D eigenvalue weighted by atomic mass is 35.5. The first-order valence-electron chi connectivity index (χ1n) is 8.58. The van der Waals surface area contributed by atoms with Crippen molar-refractivity contribution in [1.29, 1.82) is 0 Å². The van der Waals surface area contributed by atoms with Gasteiger partial charge in [-0.2, -0.15) is 0 Å². The lowest BCUT2D eigenvalue weighted by Gasteiger charge is -2.26. The predicted octanol–water partition coefficient (Wildman–Crippen LogP) is 3.43. The molecular weight excluding hydrogens is 394 g/mol. The van der Waals surface area contributed by atoms with Crippen molar-refractivity contribution in [3.05, 3.63) is 46.4 Å². The summed E-state index contributed by atoms with van der Waals surface area (Å²) in [6.45, 7) is 3.97. The molecule has 3 rings (SSSR count). The molecule has 2 aromatic rings. The van der Waals surface area contributed by atoms with Crippen LogP contribution in [0.15, 0.2) is 24.3 Å². The number of rotatable bonds is 6. The standard InChI is InChI=1S/C18H19ClF2N4O3/c1-27-18(26)14-17(24-13(16(20)21)15(19)23-14)22-12-4-2-11(3-5-12)10-25-6-8-28-9-7-25/h2-5,16H,6-10H2,1H3,(H,22,24). The minimum Gasteiger partial charge on any atom is -0.464 e. The highest BCUT2D eigenvalue weighted by Crippen LogP contribution is 2.28. The number of alkyl halides is 2. The van der Waals surface area contributed by atoms with Crippen LogP contribution in [0.5, 0.6) is 0 Å². The lowest BCUT2D eigenvalue weighted by Crippen LogP contribution is -2.35. The van der Waals surface area contributed by atoms with E-state index in [1.54, 1.807) is 12.1 Å². The number of benzene rings is 1. The maximum Gasteiger partial charge on any atom is 0.360 e. The third-order valence-electron chi connectivity index (χ3n) is 4.19. The van der Waals surface area contributed by atoms with Gasteiger partial charge in [-0.05, 0) is 17.7 Å². The SMILES string of the molecule is COC(=O)c1nc(Cl)c(C(F)F)nc1Nc1ccc(CN2CCOCC2)cc1. The fourth-order valence-electron chi connectivity index (χ4n) is 2.74. The Labute approximate surface area is 165 Å². The second-order valence-corrected chi connectivity index (χ2v) is 6.46. The van der Waals surface area contributed by atoms with E-state index in [0.29, 0.717) is 5.69 Å². The summed E-state index contributed by atoms with van der Waals surface area (Å²) in [7, 11) is 1.16. The monoisotopic (exact) mass is 412 g/mol. The smallest absolute Gasteiger partial charge is 0.360 e. The van der Waals surface area contributed by atoms with Crippen molar-refractivity contribution in [1.82, 2.24) is 14.9 Å². The zero-order valence-corrected chi connectivity index (χ0v) is 15.9. The molecule has 1 aliphatic heterocycles. The van der Waals surface area contributed by atoms with Crippen molar-refractivity contribution in [3.63, 3.8) is 0 Å². The minimum atomic E-state index is -2.93. The Morgan fingerprint density at radius 3 is 2.57 bits per heavy atom. The Morgan fingerprint density at radius 2 is 1.96 bits per heavy atom. The number of nitrogens with one attached hydrogen (secondary N) is 1. The van der Waals surface area contributed by atoms with E-state index in [1.165, 1.54) is 0 Å². The van der Waals surface area contributed by atoms with E-state index < -0.39 is 23.2 Å². The largest absolute Gasteiger partial charge is 0.464 e. The van der Waals surface area contributed by atoms with Crippen molar-refractivity contribution in [2.45, 2.75) is 13.0 Å². The Bertz CT molecular complexity index is 830. The molecule has 28 heavy (non-hydrogen) atoms. The van der Waals surface area contributed by atoms with Gasteiger partial charge in [0.05, 0.1) is 20.3 Å². The van der Waals surface area contributed by atoms with E-state index in [0.717, 1.165) is 45.5 Å². The normalized spacial score (nSPS) is 14.9. The highest BCUT2D eigenvalue weighted by molar-refractivity contribution is 6.30. The van der Waals surface area contributed by atoms with E-state index in [9.17, 15) is 13.6 Å². The van der Waals surface area contributed by atoms with Gasteiger partial charge in [0.15, 0.2) is 16.7 Å². The average Bonchev–Trinajstić information content (AvgIpc) is 2.70. The second kappa shape index (κ2) is 9.22. The summed E-state index contributed by atoms with van der Waals surface area (Å²) in [5.41, 5.74) is 0.680. The van der Waals surface area contributed by atoms with E-state index in [1.807, 2.05) is 12.1 Å². The van der Waals surface area contributed by atoms with Crippen LogP contribution in [0.25, 0.3) is 0 Å². The number of esters is 1. The molecule has 0 radical (unpaired) electrons. The van der Waals surface area contributed by atoms with Gasteiger partial charge in [-0.1, -0.05) is 23.7 Å². The van der Waals surface area contributed by atoms with Crippen LogP contribution in [0.1, 0.15) is 28.2 Å². The molecule has 0 bridgehead atoms. The molecule has 7 nitrogen and oxygen atoms in total. The van der Waals surface area contributed by atoms with Gasteiger partial charge in [-0.25, -0.2) is 23.5 Å². The molecular formula is C18H19ClF2N4O3. The Kier molecular flexibility index (Phi) is 6.71. The number of methoxy groups -OCH3 is 1. The first kappa shape index (κ1) is 20.4. The van der Waals surface area contributed by atoms with Gasteiger partial charge in [0.1, 0.15) is 5.69 Å². The number of hydrogen-bond donors (Lipinski definition) is 1. The summed E-state index contributed by atoms with van der Waals surface area (Å²) in [6.07, 6.45) is -2.93. The molecule has 1 aromatic heterocycles. The van der Waals surface area contributed by atoms with E-state index in [4.69, 9.17) is 16.3 Å². The van der Waals surface area contributed by atoms with Crippen LogP contribution in [-0.2, 0) is 16.0 Å². The molecule has 1 N–H and O–H groups in total. The summed E-state index contributed by atoms with van der Waals surface area (Å²) in [5.74, 6) is -0.978. The summed E-state index contributed by atoms with van der Waals surface area (Å²) >= 11 is 5.71. The third kappa shape index (κ3) is 4.92. The molecule has 1 aliphatic rings. The number of aromatic nitrogens is 2. The quantitative estimate of drug-likeness (QED) is 0.728. The predicted molar refractivity (Wildman–Crippen MR) is 99.2 cm³/mol. The topological polar surface area (TPSA) is 76.6 Å². The van der Waals surface area contributed by atoms with Crippen LogP contribution in [-0.4, -0.2) is 54.3 Å². The Hall–Kier alpha value is -2.36. The molecule has 1 aromatic carbocycles. The first-order valence-corrected chi connectivity index (χ1v) is 8.95. The van der Waals surface area contributed by atoms with Crippen LogP contribution < -0.4 is 5.32 Å². The van der Waals surface area contributed by atoms with Gasteiger partial charge in [0.2, 0.25) is 0 Å². The minimum absolute atomic E-state index is 0.146. The molecule has 150 valence electrons. The van der Waals surface area contributed by atoms with Crippen LogP contribution in [0.3, 0.4) is 0 Å². The summed E-state index contributed by atoms with van der Waals surface area (Å²) < 4.78 is 36.1. The van der Waals surface area contributed by atoms with Gasteiger partial charge >= 0.3 is 5.97 Å². The lowest BCUT2D eigenvalue weighted by atomic mass is 10.2. The van der Waals surface area contributed by atoms with E-state index in [2.05, 4.69) is 24.9 Å².